The molecule has 3 N–H and O–H groups in total. The number of amides is 2. The second-order valence-corrected chi connectivity index (χ2v) is 12.0. The Morgan fingerprint density at radius 2 is 1.89 bits per heavy atom. The van der Waals surface area contributed by atoms with Gasteiger partial charge in [-0.2, -0.15) is 0 Å². The number of ether oxygens (including phenoxy) is 1. The summed E-state index contributed by atoms with van der Waals surface area (Å²) in [6, 6.07) is 14.7. The summed E-state index contributed by atoms with van der Waals surface area (Å²) in [7, 11) is 3.78. The minimum absolute atomic E-state index is 0.136. The number of benzene rings is 2. The molecule has 8 heteroatoms. The first-order chi connectivity index (χ1) is 18.5. The van der Waals surface area contributed by atoms with Crippen LogP contribution < -0.4 is 20.9 Å². The van der Waals surface area contributed by atoms with Crippen LogP contribution in [0.1, 0.15) is 53.2 Å². The summed E-state index contributed by atoms with van der Waals surface area (Å²) < 4.78 is 5.47. The highest BCUT2D eigenvalue weighted by Crippen LogP contribution is 2.65. The van der Waals surface area contributed by atoms with Crippen LogP contribution in [0.25, 0.3) is 0 Å². The monoisotopic (exact) mass is 515 g/mol. The van der Waals surface area contributed by atoms with E-state index in [2.05, 4.69) is 46.3 Å². The number of nitrogens with one attached hydrogen (secondary N) is 3. The number of fused-ring (bicyclic) bond motifs is 3. The molecule has 7 rings (SSSR count). The van der Waals surface area contributed by atoms with Gasteiger partial charge in [-0.05, 0) is 91.9 Å². The van der Waals surface area contributed by atoms with Crippen LogP contribution in [0.2, 0.25) is 0 Å². The van der Waals surface area contributed by atoms with Crippen LogP contribution in [0, 0.1) is 17.8 Å². The number of anilines is 1. The van der Waals surface area contributed by atoms with E-state index in [1.165, 1.54) is 5.56 Å². The van der Waals surface area contributed by atoms with E-state index in [0.29, 0.717) is 23.8 Å². The zero-order valence-electron chi connectivity index (χ0n) is 22.2. The van der Waals surface area contributed by atoms with Crippen molar-refractivity contribution in [3.8, 4) is 5.75 Å². The molecule has 3 heterocycles. The Morgan fingerprint density at radius 3 is 2.71 bits per heavy atom. The number of methoxy groups -OCH3 is 1. The van der Waals surface area contributed by atoms with Gasteiger partial charge in [0.15, 0.2) is 0 Å². The van der Waals surface area contributed by atoms with Gasteiger partial charge in [0.2, 0.25) is 5.91 Å². The highest BCUT2D eigenvalue weighted by atomic mass is 16.5. The van der Waals surface area contributed by atoms with Crippen LogP contribution in [0.3, 0.4) is 0 Å². The Hall–Kier alpha value is -2.94. The number of hydrogen-bond donors (Lipinski definition) is 3. The van der Waals surface area contributed by atoms with Crippen LogP contribution in [-0.4, -0.2) is 68.0 Å². The average Bonchev–Trinajstić information content (AvgIpc) is 3.47. The van der Waals surface area contributed by atoms with Gasteiger partial charge in [0.25, 0.3) is 5.91 Å². The van der Waals surface area contributed by atoms with Crippen molar-refractivity contribution in [2.24, 2.45) is 17.8 Å². The fraction of sp³-hybridized carbons (Fsp3) is 0.533. The Kier molecular flexibility index (Phi) is 5.76. The first kappa shape index (κ1) is 24.1. The predicted molar refractivity (Wildman–Crippen MR) is 145 cm³/mol. The first-order valence-electron chi connectivity index (χ1n) is 14.1. The number of nitrogens with zero attached hydrogens (tertiary/aromatic N) is 2. The van der Waals surface area contributed by atoms with Gasteiger partial charge in [-0.25, -0.2) is 5.43 Å². The molecule has 2 saturated carbocycles. The van der Waals surface area contributed by atoms with E-state index < -0.39 is 0 Å². The van der Waals surface area contributed by atoms with Crippen molar-refractivity contribution >= 4 is 17.5 Å². The number of hydrogen-bond acceptors (Lipinski definition) is 6. The molecule has 2 aromatic rings. The van der Waals surface area contributed by atoms with Crippen LogP contribution >= 0.6 is 0 Å². The number of hydrazine groups is 1. The molecule has 0 bridgehead atoms. The van der Waals surface area contributed by atoms with Crippen molar-refractivity contribution in [2.45, 2.75) is 43.2 Å². The number of rotatable bonds is 4. The summed E-state index contributed by atoms with van der Waals surface area (Å²) in [5.74, 6) is 2.47. The summed E-state index contributed by atoms with van der Waals surface area (Å²) in [4.78, 5) is 30.6. The molecule has 4 unspecified atom stereocenters. The maximum absolute atomic E-state index is 13.2. The molecule has 38 heavy (non-hydrogen) atoms. The molecule has 2 aromatic carbocycles. The third kappa shape index (κ3) is 3.76. The standard InChI is InChI=1S/C30H37N5O3/c1-34-10-12-35(13-11-34)28(36)20-5-3-4-19(14-20)27-22-8-6-18(15-26(22)32-33-27)24-17-30(24)23-16-21(38-2)7-9-25(23)31-29(30)37/h3-5,7,9,14,16,18,22,24,26-27,32-33H,6,8,10-13,15,17H2,1-2H3,(H,31,37)/t18?,22?,24-,26?,27?,30-/m0/s1. The zero-order valence-corrected chi connectivity index (χ0v) is 22.2. The molecule has 2 saturated heterocycles. The van der Waals surface area contributed by atoms with E-state index in [0.717, 1.165) is 74.4 Å². The van der Waals surface area contributed by atoms with Gasteiger partial charge in [-0.15, -0.1) is 0 Å². The number of carbonyl (C=O) groups is 2. The molecular formula is C30H37N5O3. The van der Waals surface area contributed by atoms with Crippen LogP contribution in [0.5, 0.6) is 5.75 Å². The maximum atomic E-state index is 13.2. The highest BCUT2D eigenvalue weighted by molar-refractivity contribution is 6.09. The van der Waals surface area contributed by atoms with Gasteiger partial charge in [0.1, 0.15) is 5.75 Å². The average molecular weight is 516 g/mol. The van der Waals surface area contributed by atoms with E-state index in [1.54, 1.807) is 7.11 Å². The predicted octanol–water partition coefficient (Wildman–Crippen LogP) is 2.93. The van der Waals surface area contributed by atoms with Crippen molar-refractivity contribution in [3.63, 3.8) is 0 Å². The van der Waals surface area contributed by atoms with Gasteiger partial charge in [-0.3, -0.25) is 15.0 Å². The largest absolute Gasteiger partial charge is 0.497 e. The van der Waals surface area contributed by atoms with Crippen LogP contribution in [0.15, 0.2) is 42.5 Å². The summed E-state index contributed by atoms with van der Waals surface area (Å²) in [6.07, 6.45) is 4.22. The second-order valence-electron chi connectivity index (χ2n) is 12.0. The van der Waals surface area contributed by atoms with Gasteiger partial charge in [0, 0.05) is 43.5 Å². The lowest BCUT2D eigenvalue weighted by atomic mass is 9.72. The van der Waals surface area contributed by atoms with E-state index in [1.807, 2.05) is 29.2 Å². The number of carbonyl (C=O) groups excluding carboxylic acids is 2. The van der Waals surface area contributed by atoms with Crippen LogP contribution in [0.4, 0.5) is 5.69 Å². The smallest absolute Gasteiger partial charge is 0.253 e. The summed E-state index contributed by atoms with van der Waals surface area (Å²) in [5.41, 5.74) is 10.8. The molecule has 1 spiro atoms. The lowest BCUT2D eigenvalue weighted by Gasteiger charge is -2.34. The summed E-state index contributed by atoms with van der Waals surface area (Å²) in [6.45, 7) is 3.42. The SMILES string of the molecule is COc1ccc2c(c1)[C@]1(C[C@H]1C1CCC3C(C1)NNC3c1cccc(C(=O)N3CCN(C)CC3)c1)C(=O)N2. The zero-order chi connectivity index (χ0) is 26.0. The Morgan fingerprint density at radius 1 is 1.05 bits per heavy atom. The second kappa shape index (κ2) is 9.07. The molecular weight excluding hydrogens is 478 g/mol. The quantitative estimate of drug-likeness (QED) is 0.581. The van der Waals surface area contributed by atoms with Crippen molar-refractivity contribution in [1.82, 2.24) is 20.7 Å². The minimum Gasteiger partial charge on any atom is -0.497 e. The Bertz CT molecular complexity index is 1270. The Balaban J connectivity index is 1.04. The summed E-state index contributed by atoms with van der Waals surface area (Å²) >= 11 is 0. The van der Waals surface area contributed by atoms with Gasteiger partial charge in [0.05, 0.1) is 18.6 Å². The van der Waals surface area contributed by atoms with Crippen molar-refractivity contribution in [1.29, 1.82) is 0 Å². The normalized spacial score (nSPS) is 34.1. The fourth-order valence-electron chi connectivity index (χ4n) is 7.76. The molecule has 8 nitrogen and oxygen atoms in total. The Labute approximate surface area is 224 Å². The lowest BCUT2D eigenvalue weighted by molar-refractivity contribution is -0.118. The molecule has 200 valence electrons. The van der Waals surface area contributed by atoms with Gasteiger partial charge < -0.3 is 19.9 Å². The molecule has 0 radical (unpaired) electrons. The summed E-state index contributed by atoms with van der Waals surface area (Å²) in [5, 5.41) is 3.13. The molecule has 0 aromatic heterocycles. The number of piperazine rings is 1. The maximum Gasteiger partial charge on any atom is 0.253 e. The molecule has 4 fully saturated rings. The first-order valence-corrected chi connectivity index (χ1v) is 14.1. The third-order valence-electron chi connectivity index (χ3n) is 10.0. The molecule has 2 amide bonds. The molecule has 5 aliphatic rings. The van der Waals surface area contributed by atoms with E-state index >= 15 is 0 Å². The lowest BCUT2D eigenvalue weighted by Crippen LogP contribution is -2.47. The molecule has 6 atom stereocenters. The van der Waals surface area contributed by atoms with Crippen molar-refractivity contribution in [3.05, 3.63) is 59.2 Å². The molecule has 2 aliphatic carbocycles. The van der Waals surface area contributed by atoms with Crippen LogP contribution in [-0.2, 0) is 10.2 Å². The van der Waals surface area contributed by atoms with Gasteiger partial charge in [-0.1, -0.05) is 12.1 Å². The van der Waals surface area contributed by atoms with E-state index in [4.69, 9.17) is 4.74 Å². The highest BCUT2D eigenvalue weighted by Gasteiger charge is 2.67. The van der Waals surface area contributed by atoms with Gasteiger partial charge >= 0.3 is 0 Å². The fourth-order valence-corrected chi connectivity index (χ4v) is 7.76. The third-order valence-corrected chi connectivity index (χ3v) is 10.0. The topological polar surface area (TPSA) is 85.9 Å². The molecule has 3 aliphatic heterocycles. The minimum atomic E-state index is -0.384. The van der Waals surface area contributed by atoms with Crippen molar-refractivity contribution < 1.29 is 14.3 Å². The van der Waals surface area contributed by atoms with Crippen molar-refractivity contribution in [2.75, 3.05) is 45.7 Å². The van der Waals surface area contributed by atoms with E-state index in [9.17, 15) is 9.59 Å². The number of likely N-dealkylation sites (N-methyl/N-ethyl adjacent to an activating group) is 1. The van der Waals surface area contributed by atoms with E-state index in [-0.39, 0.29) is 23.3 Å².